The van der Waals surface area contributed by atoms with Crippen LogP contribution >= 0.6 is 11.6 Å². The van der Waals surface area contributed by atoms with Crippen LogP contribution in [0.1, 0.15) is 12.8 Å². The molecule has 0 aromatic carbocycles. The van der Waals surface area contributed by atoms with E-state index in [-0.39, 0.29) is 0 Å². The fourth-order valence-electron chi connectivity index (χ4n) is 1.17. The Morgan fingerprint density at radius 1 is 1.50 bits per heavy atom. The summed E-state index contributed by atoms with van der Waals surface area (Å²) in [7, 11) is -3.39. The first-order chi connectivity index (χ1) is 7.56. The Bertz CT molecular complexity index is 447. The van der Waals surface area contributed by atoms with Crippen LogP contribution in [-0.2, 0) is 10.0 Å². The van der Waals surface area contributed by atoms with Gasteiger partial charge in [-0.2, -0.15) is 0 Å². The molecule has 0 fully saturated rings. The van der Waals surface area contributed by atoms with E-state index in [2.05, 4.69) is 11.3 Å². The van der Waals surface area contributed by atoms with Gasteiger partial charge in [0, 0.05) is 18.0 Å². The largest absolute Gasteiger partial charge is 0.237 e. The number of sulfonamides is 1. The van der Waals surface area contributed by atoms with E-state index in [1.165, 1.54) is 6.08 Å². The Hall–Kier alpha value is -0.840. The molecule has 1 aliphatic carbocycles. The van der Waals surface area contributed by atoms with Gasteiger partial charge in [0.15, 0.2) is 0 Å². The standard InChI is InChI=1S/C11H14ClNO2S/c1-2-3-9-13-16(14,15)11-6-4-5-10(12)7-8-11/h2,4-5,7-8,13H,1,3,6,9H2. The van der Waals surface area contributed by atoms with E-state index < -0.39 is 10.0 Å². The van der Waals surface area contributed by atoms with E-state index >= 15 is 0 Å². The maximum absolute atomic E-state index is 11.8. The smallest absolute Gasteiger partial charge is 0.211 e. The highest BCUT2D eigenvalue weighted by Crippen LogP contribution is 2.17. The van der Waals surface area contributed by atoms with Gasteiger partial charge in [-0.3, -0.25) is 0 Å². The number of hydrogen-bond acceptors (Lipinski definition) is 2. The molecule has 1 rings (SSSR count). The van der Waals surface area contributed by atoms with Crippen LogP contribution in [0.5, 0.6) is 0 Å². The zero-order valence-electron chi connectivity index (χ0n) is 8.82. The molecular weight excluding hydrogens is 246 g/mol. The minimum Gasteiger partial charge on any atom is -0.211 e. The van der Waals surface area contributed by atoms with Gasteiger partial charge >= 0.3 is 0 Å². The van der Waals surface area contributed by atoms with Gasteiger partial charge in [-0.05, 0) is 24.6 Å². The highest BCUT2D eigenvalue weighted by Gasteiger charge is 2.15. The molecule has 1 N–H and O–H groups in total. The number of nitrogens with one attached hydrogen (secondary N) is 1. The molecule has 16 heavy (non-hydrogen) atoms. The van der Waals surface area contributed by atoms with E-state index in [1.54, 1.807) is 24.3 Å². The van der Waals surface area contributed by atoms with Crippen molar-refractivity contribution >= 4 is 21.6 Å². The fraction of sp³-hybridized carbons (Fsp3) is 0.273. The van der Waals surface area contributed by atoms with Gasteiger partial charge in [0.1, 0.15) is 0 Å². The monoisotopic (exact) mass is 259 g/mol. The van der Waals surface area contributed by atoms with E-state index in [9.17, 15) is 8.42 Å². The van der Waals surface area contributed by atoms with Crippen molar-refractivity contribution in [3.63, 3.8) is 0 Å². The quantitative estimate of drug-likeness (QED) is 0.609. The number of allylic oxidation sites excluding steroid dienone is 6. The molecule has 0 amide bonds. The van der Waals surface area contributed by atoms with Gasteiger partial charge in [0.25, 0.3) is 0 Å². The first-order valence-corrected chi connectivity index (χ1v) is 6.76. The van der Waals surface area contributed by atoms with Crippen LogP contribution < -0.4 is 4.72 Å². The Balaban J connectivity index is 2.76. The molecule has 1 aliphatic rings. The molecule has 0 saturated heterocycles. The van der Waals surface area contributed by atoms with Gasteiger partial charge in [0.2, 0.25) is 10.0 Å². The minimum atomic E-state index is -3.39. The SMILES string of the molecule is C=CCCNS(=O)(=O)C1=CC=C(Cl)C=CC1. The van der Waals surface area contributed by atoms with E-state index in [0.29, 0.717) is 29.3 Å². The summed E-state index contributed by atoms with van der Waals surface area (Å²) in [6, 6.07) is 0. The van der Waals surface area contributed by atoms with Crippen LogP contribution in [0.2, 0.25) is 0 Å². The van der Waals surface area contributed by atoms with Crippen molar-refractivity contribution in [3.05, 3.63) is 46.9 Å². The molecule has 0 heterocycles. The normalized spacial score (nSPS) is 16.3. The molecular formula is C11H14ClNO2S. The lowest BCUT2D eigenvalue weighted by Crippen LogP contribution is -2.25. The lowest BCUT2D eigenvalue weighted by atomic mass is 10.4. The zero-order chi connectivity index (χ0) is 12.0. The Morgan fingerprint density at radius 3 is 2.94 bits per heavy atom. The Kier molecular flexibility index (Phi) is 4.99. The summed E-state index contributed by atoms with van der Waals surface area (Å²) in [5.74, 6) is 0. The van der Waals surface area contributed by atoms with E-state index in [1.807, 2.05) is 0 Å². The summed E-state index contributed by atoms with van der Waals surface area (Å²) in [5, 5.41) is 0.524. The summed E-state index contributed by atoms with van der Waals surface area (Å²) in [5.41, 5.74) is 0. The molecule has 88 valence electrons. The van der Waals surface area contributed by atoms with Crippen molar-refractivity contribution in [1.29, 1.82) is 0 Å². The Morgan fingerprint density at radius 2 is 2.25 bits per heavy atom. The average Bonchev–Trinajstić information content (AvgIpc) is 2.43. The molecule has 0 unspecified atom stereocenters. The maximum atomic E-state index is 11.8. The zero-order valence-corrected chi connectivity index (χ0v) is 10.4. The third-order valence-electron chi connectivity index (χ3n) is 2.01. The van der Waals surface area contributed by atoms with Crippen molar-refractivity contribution in [2.45, 2.75) is 12.8 Å². The van der Waals surface area contributed by atoms with Crippen molar-refractivity contribution in [1.82, 2.24) is 4.72 Å². The van der Waals surface area contributed by atoms with Gasteiger partial charge < -0.3 is 0 Å². The second kappa shape index (κ2) is 6.03. The summed E-state index contributed by atoms with van der Waals surface area (Å²) in [6.07, 6.45) is 9.15. The van der Waals surface area contributed by atoms with Crippen LogP contribution in [0.4, 0.5) is 0 Å². The molecule has 0 bridgehead atoms. The first-order valence-electron chi connectivity index (χ1n) is 4.90. The van der Waals surface area contributed by atoms with Crippen LogP contribution in [-0.4, -0.2) is 15.0 Å². The van der Waals surface area contributed by atoms with Crippen LogP contribution in [0.25, 0.3) is 0 Å². The summed E-state index contributed by atoms with van der Waals surface area (Å²) < 4.78 is 26.1. The predicted octanol–water partition coefficient (Wildman–Crippen LogP) is 2.45. The van der Waals surface area contributed by atoms with Crippen LogP contribution in [0.3, 0.4) is 0 Å². The summed E-state index contributed by atoms with van der Waals surface area (Å²) in [4.78, 5) is 0.323. The lowest BCUT2D eigenvalue weighted by Gasteiger charge is -2.06. The van der Waals surface area contributed by atoms with E-state index in [4.69, 9.17) is 11.6 Å². The average molecular weight is 260 g/mol. The van der Waals surface area contributed by atoms with Gasteiger partial charge in [-0.1, -0.05) is 23.8 Å². The number of halogens is 1. The highest BCUT2D eigenvalue weighted by atomic mass is 35.5. The molecule has 3 nitrogen and oxygen atoms in total. The molecule has 0 aromatic rings. The topological polar surface area (TPSA) is 46.2 Å². The number of rotatable bonds is 5. The highest BCUT2D eigenvalue weighted by molar-refractivity contribution is 7.93. The fourth-order valence-corrected chi connectivity index (χ4v) is 2.46. The first kappa shape index (κ1) is 13.2. The van der Waals surface area contributed by atoms with Crippen molar-refractivity contribution in [3.8, 4) is 0 Å². The molecule has 0 atom stereocenters. The van der Waals surface area contributed by atoms with Crippen LogP contribution in [0.15, 0.2) is 46.9 Å². The van der Waals surface area contributed by atoms with Crippen LogP contribution in [0, 0.1) is 0 Å². The van der Waals surface area contributed by atoms with Gasteiger partial charge in [-0.15, -0.1) is 6.58 Å². The summed E-state index contributed by atoms with van der Waals surface area (Å²) >= 11 is 5.76. The molecule has 0 aromatic heterocycles. The Labute approximate surface area is 101 Å². The van der Waals surface area contributed by atoms with Gasteiger partial charge in [-0.25, -0.2) is 13.1 Å². The van der Waals surface area contributed by atoms with Crippen molar-refractivity contribution in [2.24, 2.45) is 0 Å². The maximum Gasteiger partial charge on any atom is 0.237 e. The molecule has 0 radical (unpaired) electrons. The number of hydrogen-bond donors (Lipinski definition) is 1. The second-order valence-corrected chi connectivity index (χ2v) is 5.52. The molecule has 0 spiro atoms. The third kappa shape index (κ3) is 3.96. The summed E-state index contributed by atoms with van der Waals surface area (Å²) in [6.45, 7) is 3.90. The van der Waals surface area contributed by atoms with Crippen molar-refractivity contribution in [2.75, 3.05) is 6.54 Å². The lowest BCUT2D eigenvalue weighted by molar-refractivity contribution is 0.587. The predicted molar refractivity (Wildman–Crippen MR) is 67.5 cm³/mol. The minimum absolute atomic E-state index is 0.323. The van der Waals surface area contributed by atoms with E-state index in [0.717, 1.165) is 0 Å². The molecule has 5 heteroatoms. The molecule has 0 aliphatic heterocycles. The second-order valence-electron chi connectivity index (χ2n) is 3.27. The molecule has 0 saturated carbocycles. The third-order valence-corrected chi connectivity index (χ3v) is 3.84. The van der Waals surface area contributed by atoms with Crippen molar-refractivity contribution < 1.29 is 8.42 Å². The van der Waals surface area contributed by atoms with Gasteiger partial charge in [0.05, 0.1) is 4.91 Å².